The molecule has 2 aliphatic rings. The Labute approximate surface area is 194 Å². The van der Waals surface area contributed by atoms with Gasteiger partial charge in [-0.1, -0.05) is 17.7 Å². The highest BCUT2D eigenvalue weighted by Crippen LogP contribution is 2.27. The van der Waals surface area contributed by atoms with Gasteiger partial charge in [0.15, 0.2) is 0 Å². The highest BCUT2D eigenvalue weighted by molar-refractivity contribution is 6.30. The lowest BCUT2D eigenvalue weighted by Crippen LogP contribution is -2.57. The molecule has 4 rings (SSSR count). The van der Waals surface area contributed by atoms with E-state index in [2.05, 4.69) is 22.9 Å². The Morgan fingerprint density at radius 2 is 1.94 bits per heavy atom. The number of amides is 1. The smallest absolute Gasteiger partial charge is 0.225 e. The summed E-state index contributed by atoms with van der Waals surface area (Å²) in [6.07, 6.45) is 2.08. The lowest BCUT2D eigenvalue weighted by Gasteiger charge is -2.43. The SMILES string of the molecule is Cc1cccnc1CN1CCO[C@@](COc2ccc(Cl)cc2)(CC(=O)N2CCOCC2)C1. The predicted octanol–water partition coefficient (Wildman–Crippen LogP) is 2.94. The van der Waals surface area contributed by atoms with E-state index in [1.54, 1.807) is 12.1 Å². The number of morpholine rings is 2. The van der Waals surface area contributed by atoms with Crippen LogP contribution in [0.3, 0.4) is 0 Å². The van der Waals surface area contributed by atoms with Crippen molar-refractivity contribution in [3.05, 3.63) is 58.9 Å². The first-order chi connectivity index (χ1) is 15.5. The summed E-state index contributed by atoms with van der Waals surface area (Å²) in [4.78, 5) is 21.8. The number of halogens is 1. The normalized spacial score (nSPS) is 22.0. The van der Waals surface area contributed by atoms with E-state index in [9.17, 15) is 4.79 Å². The molecule has 0 saturated carbocycles. The number of nitrogens with zero attached hydrogens (tertiary/aromatic N) is 3. The van der Waals surface area contributed by atoms with Gasteiger partial charge in [0.05, 0.1) is 31.9 Å². The van der Waals surface area contributed by atoms with E-state index in [0.29, 0.717) is 56.8 Å². The minimum atomic E-state index is -0.740. The molecule has 172 valence electrons. The minimum Gasteiger partial charge on any atom is -0.491 e. The van der Waals surface area contributed by atoms with Gasteiger partial charge in [0.1, 0.15) is 18.0 Å². The Morgan fingerprint density at radius 1 is 1.16 bits per heavy atom. The standard InChI is InChI=1S/C24H30ClN3O4/c1-19-3-2-8-26-22(19)16-27-9-14-32-24(17-27,15-23(29)28-10-12-30-13-11-28)18-31-21-6-4-20(25)5-7-21/h2-8H,9-18H2,1H3/t24-/m0/s1. The molecule has 1 atom stereocenters. The van der Waals surface area contributed by atoms with Gasteiger partial charge in [0.2, 0.25) is 5.91 Å². The third-order valence-corrected chi connectivity index (χ3v) is 6.22. The van der Waals surface area contributed by atoms with Crippen LogP contribution in [0.1, 0.15) is 17.7 Å². The summed E-state index contributed by atoms with van der Waals surface area (Å²) in [5.74, 6) is 0.776. The third kappa shape index (κ3) is 5.98. The number of ether oxygens (including phenoxy) is 3. The molecule has 32 heavy (non-hydrogen) atoms. The van der Waals surface area contributed by atoms with Gasteiger partial charge >= 0.3 is 0 Å². The van der Waals surface area contributed by atoms with Gasteiger partial charge in [-0.15, -0.1) is 0 Å². The molecule has 2 aromatic rings. The third-order valence-electron chi connectivity index (χ3n) is 5.97. The van der Waals surface area contributed by atoms with Gasteiger partial charge in [0, 0.05) is 43.9 Å². The average Bonchev–Trinajstić information content (AvgIpc) is 2.81. The summed E-state index contributed by atoms with van der Waals surface area (Å²) in [5.41, 5.74) is 1.46. The lowest BCUT2D eigenvalue weighted by molar-refractivity contribution is -0.159. The first-order valence-electron chi connectivity index (χ1n) is 11.0. The fourth-order valence-corrected chi connectivity index (χ4v) is 4.27. The second kappa shape index (κ2) is 10.6. The van der Waals surface area contributed by atoms with E-state index >= 15 is 0 Å². The van der Waals surface area contributed by atoms with Crippen LogP contribution in [0.4, 0.5) is 0 Å². The molecule has 2 fully saturated rings. The first kappa shape index (κ1) is 23.0. The summed E-state index contributed by atoms with van der Waals surface area (Å²) >= 11 is 6.00. The van der Waals surface area contributed by atoms with Crippen LogP contribution in [0.15, 0.2) is 42.6 Å². The first-order valence-corrected chi connectivity index (χ1v) is 11.4. The van der Waals surface area contributed by atoms with Crippen LogP contribution in [0.2, 0.25) is 5.02 Å². The van der Waals surface area contributed by atoms with E-state index in [1.807, 2.05) is 29.3 Å². The highest BCUT2D eigenvalue weighted by atomic mass is 35.5. The summed E-state index contributed by atoms with van der Waals surface area (Å²) in [6.45, 7) is 7.35. The van der Waals surface area contributed by atoms with Gasteiger partial charge < -0.3 is 19.1 Å². The van der Waals surface area contributed by atoms with Crippen molar-refractivity contribution < 1.29 is 19.0 Å². The van der Waals surface area contributed by atoms with Crippen molar-refractivity contribution in [2.45, 2.75) is 25.5 Å². The zero-order chi connectivity index (χ0) is 22.4. The molecule has 1 aromatic heterocycles. The molecule has 2 aliphatic heterocycles. The fraction of sp³-hybridized carbons (Fsp3) is 0.500. The van der Waals surface area contributed by atoms with Gasteiger partial charge in [-0.05, 0) is 42.8 Å². The molecule has 0 radical (unpaired) electrons. The molecule has 0 unspecified atom stereocenters. The quantitative estimate of drug-likeness (QED) is 0.634. The maximum Gasteiger partial charge on any atom is 0.225 e. The number of hydrogen-bond acceptors (Lipinski definition) is 6. The molecule has 0 spiro atoms. The van der Waals surface area contributed by atoms with Crippen LogP contribution >= 0.6 is 11.6 Å². The number of hydrogen-bond donors (Lipinski definition) is 0. The zero-order valence-corrected chi connectivity index (χ0v) is 19.2. The van der Waals surface area contributed by atoms with Crippen LogP contribution in [-0.4, -0.2) is 78.9 Å². The molecule has 1 amide bonds. The van der Waals surface area contributed by atoms with E-state index in [-0.39, 0.29) is 18.9 Å². The number of rotatable bonds is 7. The lowest BCUT2D eigenvalue weighted by atomic mass is 9.96. The minimum absolute atomic E-state index is 0.0730. The average molecular weight is 460 g/mol. The van der Waals surface area contributed by atoms with E-state index < -0.39 is 5.60 Å². The van der Waals surface area contributed by atoms with Crippen LogP contribution in [0.25, 0.3) is 0 Å². The van der Waals surface area contributed by atoms with Crippen molar-refractivity contribution in [3.8, 4) is 5.75 Å². The largest absolute Gasteiger partial charge is 0.491 e. The number of aromatic nitrogens is 1. The van der Waals surface area contributed by atoms with Crippen LogP contribution in [0.5, 0.6) is 5.75 Å². The van der Waals surface area contributed by atoms with E-state index in [0.717, 1.165) is 17.8 Å². The van der Waals surface area contributed by atoms with Gasteiger partial charge in [-0.3, -0.25) is 14.7 Å². The topological polar surface area (TPSA) is 64.1 Å². The number of aryl methyl sites for hydroxylation is 1. The summed E-state index contributed by atoms with van der Waals surface area (Å²) in [6, 6.07) is 11.3. The Kier molecular flexibility index (Phi) is 7.63. The van der Waals surface area contributed by atoms with Crippen molar-refractivity contribution in [1.82, 2.24) is 14.8 Å². The summed E-state index contributed by atoms with van der Waals surface area (Å²) in [7, 11) is 0. The maximum absolute atomic E-state index is 13.1. The molecular formula is C24H30ClN3O4. The van der Waals surface area contributed by atoms with E-state index in [1.165, 1.54) is 0 Å². The summed E-state index contributed by atoms with van der Waals surface area (Å²) in [5, 5.41) is 0.653. The fourth-order valence-electron chi connectivity index (χ4n) is 4.15. The maximum atomic E-state index is 13.1. The number of carbonyl (C=O) groups is 1. The van der Waals surface area contributed by atoms with E-state index in [4.69, 9.17) is 25.8 Å². The molecule has 8 heteroatoms. The summed E-state index contributed by atoms with van der Waals surface area (Å²) < 4.78 is 17.8. The van der Waals surface area contributed by atoms with Gasteiger partial charge in [-0.2, -0.15) is 0 Å². The molecule has 0 N–H and O–H groups in total. The Balaban J connectivity index is 1.49. The number of carbonyl (C=O) groups excluding carboxylic acids is 1. The molecule has 3 heterocycles. The van der Waals surface area contributed by atoms with Crippen molar-refractivity contribution in [1.29, 1.82) is 0 Å². The number of benzene rings is 1. The van der Waals surface area contributed by atoms with Crippen molar-refractivity contribution >= 4 is 17.5 Å². The Hall–Kier alpha value is -2.19. The van der Waals surface area contributed by atoms with Gasteiger partial charge in [-0.25, -0.2) is 0 Å². The van der Waals surface area contributed by atoms with Crippen molar-refractivity contribution in [3.63, 3.8) is 0 Å². The molecular weight excluding hydrogens is 430 g/mol. The zero-order valence-electron chi connectivity index (χ0n) is 18.5. The van der Waals surface area contributed by atoms with Crippen molar-refractivity contribution in [2.24, 2.45) is 0 Å². The number of pyridine rings is 1. The second-order valence-electron chi connectivity index (χ2n) is 8.42. The van der Waals surface area contributed by atoms with Crippen molar-refractivity contribution in [2.75, 3.05) is 52.6 Å². The van der Waals surface area contributed by atoms with Gasteiger partial charge in [0.25, 0.3) is 0 Å². The Morgan fingerprint density at radius 3 is 2.69 bits per heavy atom. The van der Waals surface area contributed by atoms with Crippen LogP contribution < -0.4 is 4.74 Å². The highest BCUT2D eigenvalue weighted by Gasteiger charge is 2.41. The molecule has 1 aromatic carbocycles. The molecule has 2 saturated heterocycles. The Bertz CT molecular complexity index is 904. The predicted molar refractivity (Wildman–Crippen MR) is 122 cm³/mol. The molecule has 7 nitrogen and oxygen atoms in total. The molecule has 0 bridgehead atoms. The van der Waals surface area contributed by atoms with Crippen LogP contribution in [-0.2, 0) is 20.8 Å². The van der Waals surface area contributed by atoms with Crippen LogP contribution in [0, 0.1) is 6.92 Å². The second-order valence-corrected chi connectivity index (χ2v) is 8.86. The monoisotopic (exact) mass is 459 g/mol. The molecule has 0 aliphatic carbocycles.